The van der Waals surface area contributed by atoms with Crippen LogP contribution in [-0.4, -0.2) is 22.4 Å². The molecule has 1 N–H and O–H groups in total. The number of hydrogen-bond acceptors (Lipinski definition) is 2. The maximum absolute atomic E-state index is 9.95. The summed E-state index contributed by atoms with van der Waals surface area (Å²) in [6.45, 7) is 10.8. The number of rotatable bonds is 5. The Morgan fingerprint density at radius 2 is 1.94 bits per heavy atom. The van der Waals surface area contributed by atoms with E-state index in [0.29, 0.717) is 11.5 Å². The molecule has 2 aliphatic rings. The Labute approximate surface area is 112 Å². The first-order chi connectivity index (χ1) is 8.19. The van der Waals surface area contributed by atoms with Crippen LogP contribution in [0, 0.1) is 11.3 Å². The van der Waals surface area contributed by atoms with Crippen LogP contribution in [0.25, 0.3) is 0 Å². The monoisotopic (exact) mass is 254 g/mol. The molecule has 1 aliphatic heterocycles. The summed E-state index contributed by atoms with van der Waals surface area (Å²) < 4.78 is 5.83. The Balaban J connectivity index is 1.95. The Bertz CT molecular complexity index is 307. The lowest BCUT2D eigenvalue weighted by atomic mass is 9.64. The smallest absolute Gasteiger partial charge is 0.0920 e. The van der Waals surface area contributed by atoms with Gasteiger partial charge in [0, 0.05) is 0 Å². The van der Waals surface area contributed by atoms with Crippen LogP contribution >= 0.6 is 0 Å². The van der Waals surface area contributed by atoms with Crippen molar-refractivity contribution in [2.45, 2.75) is 90.4 Å². The third-order valence-electron chi connectivity index (χ3n) is 5.62. The minimum Gasteiger partial charge on any atom is -0.390 e. The summed E-state index contributed by atoms with van der Waals surface area (Å²) in [5.74, 6) is 0.769. The molecule has 0 spiro atoms. The highest BCUT2D eigenvalue weighted by Crippen LogP contribution is 2.55. The Kier molecular flexibility index (Phi) is 3.57. The van der Waals surface area contributed by atoms with Crippen molar-refractivity contribution in [2.24, 2.45) is 11.3 Å². The van der Waals surface area contributed by atoms with Gasteiger partial charge in [0.1, 0.15) is 0 Å². The number of aliphatic hydroxyl groups is 1. The minimum atomic E-state index is -0.532. The van der Waals surface area contributed by atoms with Crippen molar-refractivity contribution < 1.29 is 9.84 Å². The van der Waals surface area contributed by atoms with Gasteiger partial charge in [0.2, 0.25) is 0 Å². The molecule has 1 heterocycles. The fraction of sp³-hybridized carbons (Fsp3) is 1.00. The second kappa shape index (κ2) is 4.49. The number of epoxide rings is 1. The topological polar surface area (TPSA) is 32.8 Å². The standard InChI is InChI=1S/C16H30O2/c1-6-15(4,10-9-14(2,3)17)12-7-8-16(5)13(11-12)18-16/h12-13,17H,6-11H2,1-5H3. The van der Waals surface area contributed by atoms with E-state index in [0.717, 1.165) is 18.8 Å². The van der Waals surface area contributed by atoms with Gasteiger partial charge in [0.15, 0.2) is 0 Å². The van der Waals surface area contributed by atoms with E-state index in [9.17, 15) is 5.11 Å². The van der Waals surface area contributed by atoms with E-state index < -0.39 is 5.60 Å². The van der Waals surface area contributed by atoms with E-state index in [2.05, 4.69) is 20.8 Å². The average Bonchev–Trinajstić information content (AvgIpc) is 2.95. The van der Waals surface area contributed by atoms with Gasteiger partial charge in [0.25, 0.3) is 0 Å². The molecule has 0 aromatic heterocycles. The van der Waals surface area contributed by atoms with Crippen molar-refractivity contribution in [2.75, 3.05) is 0 Å². The van der Waals surface area contributed by atoms with E-state index in [4.69, 9.17) is 4.74 Å². The lowest BCUT2D eigenvalue weighted by Crippen LogP contribution is -2.35. The second-order valence-electron chi connectivity index (χ2n) is 7.71. The quantitative estimate of drug-likeness (QED) is 0.754. The maximum Gasteiger partial charge on any atom is 0.0920 e. The molecule has 4 atom stereocenters. The van der Waals surface area contributed by atoms with Crippen LogP contribution < -0.4 is 0 Å². The molecule has 0 bridgehead atoms. The van der Waals surface area contributed by atoms with Gasteiger partial charge in [-0.05, 0) is 64.2 Å². The summed E-state index contributed by atoms with van der Waals surface area (Å²) in [7, 11) is 0. The van der Waals surface area contributed by atoms with Crippen LogP contribution in [0.3, 0.4) is 0 Å². The van der Waals surface area contributed by atoms with Crippen LogP contribution in [0.2, 0.25) is 0 Å². The van der Waals surface area contributed by atoms with Crippen molar-refractivity contribution in [1.29, 1.82) is 0 Å². The fourth-order valence-corrected chi connectivity index (χ4v) is 3.54. The normalized spacial score (nSPS) is 39.0. The lowest BCUT2D eigenvalue weighted by Gasteiger charge is -2.40. The van der Waals surface area contributed by atoms with Gasteiger partial charge in [-0.2, -0.15) is 0 Å². The highest BCUT2D eigenvalue weighted by molar-refractivity contribution is 5.05. The summed E-state index contributed by atoms with van der Waals surface area (Å²) in [4.78, 5) is 0. The first-order valence-electron chi connectivity index (χ1n) is 7.59. The maximum atomic E-state index is 9.95. The molecule has 2 rings (SSSR count). The molecule has 2 nitrogen and oxygen atoms in total. The fourth-order valence-electron chi connectivity index (χ4n) is 3.54. The molecule has 0 aromatic rings. The van der Waals surface area contributed by atoms with Crippen molar-refractivity contribution in [1.82, 2.24) is 0 Å². The predicted molar refractivity (Wildman–Crippen MR) is 74.5 cm³/mol. The van der Waals surface area contributed by atoms with Gasteiger partial charge in [-0.1, -0.05) is 20.3 Å². The zero-order chi connectivity index (χ0) is 13.6. The zero-order valence-corrected chi connectivity index (χ0v) is 12.8. The van der Waals surface area contributed by atoms with Gasteiger partial charge in [0.05, 0.1) is 17.3 Å². The Hall–Kier alpha value is -0.0800. The summed E-state index contributed by atoms with van der Waals surface area (Å²) >= 11 is 0. The van der Waals surface area contributed by atoms with Crippen molar-refractivity contribution in [3.05, 3.63) is 0 Å². The van der Waals surface area contributed by atoms with Crippen molar-refractivity contribution >= 4 is 0 Å². The Morgan fingerprint density at radius 1 is 1.28 bits per heavy atom. The van der Waals surface area contributed by atoms with Crippen molar-refractivity contribution in [3.8, 4) is 0 Å². The second-order valence-corrected chi connectivity index (χ2v) is 7.71. The van der Waals surface area contributed by atoms with Crippen LogP contribution in [0.15, 0.2) is 0 Å². The summed E-state index contributed by atoms with van der Waals surface area (Å²) in [6.07, 6.45) is 7.50. The van der Waals surface area contributed by atoms with Gasteiger partial charge in [-0.15, -0.1) is 0 Å². The van der Waals surface area contributed by atoms with E-state index in [1.54, 1.807) is 0 Å². The first-order valence-corrected chi connectivity index (χ1v) is 7.59. The average molecular weight is 254 g/mol. The molecule has 0 aromatic carbocycles. The van der Waals surface area contributed by atoms with Gasteiger partial charge < -0.3 is 9.84 Å². The van der Waals surface area contributed by atoms with Crippen LogP contribution in [0.4, 0.5) is 0 Å². The molecule has 0 radical (unpaired) electrons. The third-order valence-corrected chi connectivity index (χ3v) is 5.62. The summed E-state index contributed by atoms with van der Waals surface area (Å²) in [6, 6.07) is 0. The molecule has 1 saturated heterocycles. The SMILES string of the molecule is CCC(C)(CCC(C)(C)O)C1CCC2(C)OC2C1. The molecule has 106 valence electrons. The highest BCUT2D eigenvalue weighted by atomic mass is 16.6. The van der Waals surface area contributed by atoms with Crippen LogP contribution in [0.5, 0.6) is 0 Å². The summed E-state index contributed by atoms with van der Waals surface area (Å²) in [5.41, 5.74) is 0.0599. The summed E-state index contributed by atoms with van der Waals surface area (Å²) in [5, 5.41) is 9.95. The minimum absolute atomic E-state index is 0.224. The van der Waals surface area contributed by atoms with E-state index in [1.807, 2.05) is 13.8 Å². The van der Waals surface area contributed by atoms with E-state index >= 15 is 0 Å². The zero-order valence-electron chi connectivity index (χ0n) is 12.8. The molecule has 0 amide bonds. The number of ether oxygens (including phenoxy) is 1. The highest BCUT2D eigenvalue weighted by Gasteiger charge is 2.57. The van der Waals surface area contributed by atoms with E-state index in [-0.39, 0.29) is 5.60 Å². The predicted octanol–water partition coefficient (Wildman–Crippen LogP) is 3.91. The third kappa shape index (κ3) is 2.91. The van der Waals surface area contributed by atoms with Gasteiger partial charge >= 0.3 is 0 Å². The van der Waals surface area contributed by atoms with Gasteiger partial charge in [-0.3, -0.25) is 0 Å². The Morgan fingerprint density at radius 3 is 2.44 bits per heavy atom. The molecular formula is C16H30O2. The number of fused-ring (bicyclic) bond motifs is 1. The first kappa shape index (κ1) is 14.3. The molecular weight excluding hydrogens is 224 g/mol. The molecule has 1 saturated carbocycles. The lowest BCUT2D eigenvalue weighted by molar-refractivity contribution is 0.0346. The molecule has 2 fully saturated rings. The molecule has 2 heteroatoms. The largest absolute Gasteiger partial charge is 0.390 e. The van der Waals surface area contributed by atoms with Crippen molar-refractivity contribution in [3.63, 3.8) is 0 Å². The number of hydrogen-bond donors (Lipinski definition) is 1. The molecule has 4 unspecified atom stereocenters. The molecule has 18 heavy (non-hydrogen) atoms. The van der Waals surface area contributed by atoms with E-state index in [1.165, 1.54) is 25.7 Å². The van der Waals surface area contributed by atoms with Crippen LogP contribution in [-0.2, 0) is 4.74 Å². The molecule has 1 aliphatic carbocycles. The van der Waals surface area contributed by atoms with Gasteiger partial charge in [-0.25, -0.2) is 0 Å². The van der Waals surface area contributed by atoms with Crippen LogP contribution in [0.1, 0.15) is 73.1 Å².